The van der Waals surface area contributed by atoms with Crippen LogP contribution in [0.1, 0.15) is 12.5 Å². The van der Waals surface area contributed by atoms with Crippen LogP contribution in [0.25, 0.3) is 5.57 Å². The third-order valence-corrected chi connectivity index (χ3v) is 2.87. The van der Waals surface area contributed by atoms with Crippen LogP contribution >= 0.6 is 11.6 Å². The van der Waals surface area contributed by atoms with Gasteiger partial charge in [-0.1, -0.05) is 23.7 Å². The molecule has 0 bridgehead atoms. The Hall–Kier alpha value is -2.20. The number of nitrogens with zero attached hydrogens (tertiary/aromatic N) is 1. The molecular formula is C15H12ClFN2O. The molecule has 0 aliphatic carbocycles. The fraction of sp³-hybridized carbons (Fsp3) is 0.0667. The van der Waals surface area contributed by atoms with E-state index in [-0.39, 0.29) is 11.7 Å². The number of anilines is 1. The monoisotopic (exact) mass is 290 g/mol. The lowest BCUT2D eigenvalue weighted by Crippen LogP contribution is -2.08. The summed E-state index contributed by atoms with van der Waals surface area (Å²) in [7, 11) is 0. The van der Waals surface area contributed by atoms with Crippen molar-refractivity contribution in [3.8, 4) is 0 Å². The molecule has 0 spiro atoms. The highest BCUT2D eigenvalue weighted by atomic mass is 35.5. The smallest absolute Gasteiger partial charge is 0.248 e. The first-order chi connectivity index (χ1) is 9.54. The summed E-state index contributed by atoms with van der Waals surface area (Å²) >= 11 is 5.66. The predicted octanol–water partition coefficient (Wildman–Crippen LogP) is 3.92. The van der Waals surface area contributed by atoms with Crippen LogP contribution in [0.15, 0.2) is 48.7 Å². The maximum atomic E-state index is 12.8. The van der Waals surface area contributed by atoms with Gasteiger partial charge >= 0.3 is 0 Å². The number of hydrogen-bond acceptors (Lipinski definition) is 2. The maximum absolute atomic E-state index is 12.8. The van der Waals surface area contributed by atoms with Gasteiger partial charge in [0.25, 0.3) is 0 Å². The van der Waals surface area contributed by atoms with Gasteiger partial charge in [-0.2, -0.15) is 0 Å². The number of halogens is 2. The Morgan fingerprint density at radius 1 is 1.25 bits per heavy atom. The second kappa shape index (κ2) is 6.30. The molecule has 0 fully saturated rings. The van der Waals surface area contributed by atoms with Crippen LogP contribution in [0.5, 0.6) is 0 Å². The maximum Gasteiger partial charge on any atom is 0.248 e. The number of aromatic nitrogens is 1. The molecule has 1 aromatic carbocycles. The van der Waals surface area contributed by atoms with Crippen molar-refractivity contribution in [1.29, 1.82) is 0 Å². The molecule has 1 amide bonds. The lowest BCUT2D eigenvalue weighted by molar-refractivity contribution is -0.111. The first-order valence-corrected chi connectivity index (χ1v) is 6.29. The Balaban J connectivity index is 2.07. The van der Waals surface area contributed by atoms with Gasteiger partial charge in [-0.3, -0.25) is 4.79 Å². The number of amides is 1. The number of allylic oxidation sites excluding steroid dienone is 1. The van der Waals surface area contributed by atoms with Crippen LogP contribution in [0.2, 0.25) is 5.15 Å². The Labute approximate surface area is 121 Å². The predicted molar refractivity (Wildman–Crippen MR) is 77.9 cm³/mol. The molecule has 2 aromatic rings. The van der Waals surface area contributed by atoms with E-state index in [9.17, 15) is 9.18 Å². The van der Waals surface area contributed by atoms with Crippen molar-refractivity contribution < 1.29 is 9.18 Å². The zero-order valence-corrected chi connectivity index (χ0v) is 11.5. The second-order valence-corrected chi connectivity index (χ2v) is 4.58. The lowest BCUT2D eigenvalue weighted by atomic mass is 10.1. The third kappa shape index (κ3) is 3.90. The van der Waals surface area contributed by atoms with Gasteiger partial charge in [-0.25, -0.2) is 9.37 Å². The minimum atomic E-state index is -0.307. The third-order valence-electron chi connectivity index (χ3n) is 2.64. The van der Waals surface area contributed by atoms with Gasteiger partial charge in [0.15, 0.2) is 0 Å². The highest BCUT2D eigenvalue weighted by molar-refractivity contribution is 6.29. The second-order valence-electron chi connectivity index (χ2n) is 4.19. The number of hydrogen-bond donors (Lipinski definition) is 1. The van der Waals surface area contributed by atoms with Crippen LogP contribution in [0.4, 0.5) is 10.1 Å². The Morgan fingerprint density at radius 2 is 1.95 bits per heavy atom. The summed E-state index contributed by atoms with van der Waals surface area (Å²) < 4.78 is 12.8. The molecule has 0 radical (unpaired) electrons. The minimum absolute atomic E-state index is 0.282. The molecule has 0 saturated carbocycles. The first kappa shape index (κ1) is 14.2. The molecule has 0 unspecified atom stereocenters. The molecular weight excluding hydrogens is 279 g/mol. The van der Waals surface area contributed by atoms with Crippen molar-refractivity contribution in [3.63, 3.8) is 0 Å². The minimum Gasteiger partial charge on any atom is -0.321 e. The summed E-state index contributed by atoms with van der Waals surface area (Å²) in [4.78, 5) is 15.7. The van der Waals surface area contributed by atoms with E-state index in [1.165, 1.54) is 24.4 Å². The standard InChI is InChI=1S/C15H12ClFN2O/c1-10(11-2-4-12(17)5-3-11)8-15(20)19-13-6-7-14(16)18-9-13/h2-9H,1H3,(H,19,20)/b10-8-. The average Bonchev–Trinajstić information content (AvgIpc) is 2.42. The van der Waals surface area contributed by atoms with E-state index in [2.05, 4.69) is 10.3 Å². The summed E-state index contributed by atoms with van der Waals surface area (Å²) in [6, 6.07) is 9.21. The van der Waals surface area contributed by atoms with Gasteiger partial charge < -0.3 is 5.32 Å². The molecule has 1 heterocycles. The van der Waals surface area contributed by atoms with E-state index in [1.807, 2.05) is 0 Å². The van der Waals surface area contributed by atoms with Crippen LogP contribution in [0, 0.1) is 5.82 Å². The first-order valence-electron chi connectivity index (χ1n) is 5.91. The van der Waals surface area contributed by atoms with Gasteiger partial charge in [0.05, 0.1) is 11.9 Å². The molecule has 3 nitrogen and oxygen atoms in total. The quantitative estimate of drug-likeness (QED) is 0.688. The van der Waals surface area contributed by atoms with Crippen LogP contribution < -0.4 is 5.32 Å². The molecule has 0 aliphatic rings. The number of carbonyl (C=O) groups excluding carboxylic acids is 1. The number of rotatable bonds is 3. The van der Waals surface area contributed by atoms with Crippen LogP contribution in [-0.2, 0) is 4.79 Å². The van der Waals surface area contributed by atoms with E-state index >= 15 is 0 Å². The molecule has 0 atom stereocenters. The summed E-state index contributed by atoms with van der Waals surface area (Å²) in [6.07, 6.45) is 2.92. The molecule has 1 aromatic heterocycles. The Morgan fingerprint density at radius 3 is 2.55 bits per heavy atom. The molecule has 0 saturated heterocycles. The fourth-order valence-corrected chi connectivity index (χ4v) is 1.73. The van der Waals surface area contributed by atoms with Crippen LogP contribution in [0.3, 0.4) is 0 Å². The summed E-state index contributed by atoms with van der Waals surface area (Å²) in [5.41, 5.74) is 2.09. The lowest BCUT2D eigenvalue weighted by Gasteiger charge is -2.04. The Kier molecular flexibility index (Phi) is 4.48. The van der Waals surface area contributed by atoms with Gasteiger partial charge in [-0.05, 0) is 42.3 Å². The van der Waals surface area contributed by atoms with E-state index in [4.69, 9.17) is 11.6 Å². The highest BCUT2D eigenvalue weighted by Crippen LogP contribution is 2.15. The largest absolute Gasteiger partial charge is 0.321 e. The van der Waals surface area contributed by atoms with Gasteiger partial charge in [0, 0.05) is 6.08 Å². The normalized spacial score (nSPS) is 11.2. The summed E-state index contributed by atoms with van der Waals surface area (Å²) in [5, 5.41) is 3.03. The summed E-state index contributed by atoms with van der Waals surface area (Å²) in [6.45, 7) is 1.78. The number of benzene rings is 1. The molecule has 2 rings (SSSR count). The van der Waals surface area contributed by atoms with Crippen LogP contribution in [-0.4, -0.2) is 10.9 Å². The van der Waals surface area contributed by atoms with E-state index in [1.54, 1.807) is 31.2 Å². The molecule has 5 heteroatoms. The zero-order valence-electron chi connectivity index (χ0n) is 10.7. The molecule has 1 N–H and O–H groups in total. The Bertz CT molecular complexity index is 636. The topological polar surface area (TPSA) is 42.0 Å². The number of pyridine rings is 1. The van der Waals surface area contributed by atoms with Gasteiger partial charge in [0.1, 0.15) is 11.0 Å². The molecule has 20 heavy (non-hydrogen) atoms. The molecule has 102 valence electrons. The van der Waals surface area contributed by atoms with E-state index in [0.29, 0.717) is 10.8 Å². The van der Waals surface area contributed by atoms with Crippen molar-refractivity contribution in [2.75, 3.05) is 5.32 Å². The number of carbonyl (C=O) groups is 1. The van der Waals surface area contributed by atoms with E-state index in [0.717, 1.165) is 11.1 Å². The van der Waals surface area contributed by atoms with E-state index < -0.39 is 0 Å². The SMILES string of the molecule is C/C(=C/C(=O)Nc1ccc(Cl)nc1)c1ccc(F)cc1. The van der Waals surface area contributed by atoms with Gasteiger partial charge in [0.2, 0.25) is 5.91 Å². The highest BCUT2D eigenvalue weighted by Gasteiger charge is 2.02. The van der Waals surface area contributed by atoms with Crippen molar-refractivity contribution in [2.45, 2.75) is 6.92 Å². The summed E-state index contributed by atoms with van der Waals surface area (Å²) in [5.74, 6) is -0.589. The van der Waals surface area contributed by atoms with Crippen molar-refractivity contribution >= 4 is 28.8 Å². The number of nitrogens with one attached hydrogen (secondary N) is 1. The fourth-order valence-electron chi connectivity index (χ4n) is 1.62. The van der Waals surface area contributed by atoms with Crippen molar-refractivity contribution in [3.05, 3.63) is 65.2 Å². The van der Waals surface area contributed by atoms with Gasteiger partial charge in [-0.15, -0.1) is 0 Å². The average molecular weight is 291 g/mol. The zero-order chi connectivity index (χ0) is 14.5. The molecule has 0 aliphatic heterocycles. The van der Waals surface area contributed by atoms with Crippen molar-refractivity contribution in [1.82, 2.24) is 4.98 Å². The van der Waals surface area contributed by atoms with Crippen molar-refractivity contribution in [2.24, 2.45) is 0 Å².